The molecule has 41 heavy (non-hydrogen) atoms. The Hall–Kier alpha value is -3.07. The van der Waals surface area contributed by atoms with E-state index in [1.165, 1.54) is 4.31 Å². The third-order valence-corrected chi connectivity index (χ3v) is 8.43. The zero-order valence-corrected chi connectivity index (χ0v) is 26.0. The van der Waals surface area contributed by atoms with E-state index in [2.05, 4.69) is 5.32 Å². The molecule has 1 N–H and O–H groups in total. The Bertz CT molecular complexity index is 1420. The van der Waals surface area contributed by atoms with Gasteiger partial charge < -0.3 is 10.2 Å². The smallest absolute Gasteiger partial charge is 0.243 e. The minimum Gasteiger partial charge on any atom is -0.354 e. The van der Waals surface area contributed by atoms with Crippen molar-refractivity contribution in [1.82, 2.24) is 10.2 Å². The summed E-state index contributed by atoms with van der Waals surface area (Å²) in [6.07, 6.45) is 2.51. The Morgan fingerprint density at radius 2 is 1.66 bits per heavy atom. The lowest BCUT2D eigenvalue weighted by Gasteiger charge is -2.32. The summed E-state index contributed by atoms with van der Waals surface area (Å²) in [5.41, 5.74) is 3.12. The lowest BCUT2D eigenvalue weighted by molar-refractivity contribution is -0.141. The first-order chi connectivity index (χ1) is 19.5. The van der Waals surface area contributed by atoms with Crippen molar-refractivity contribution in [3.8, 4) is 0 Å². The maximum Gasteiger partial charge on any atom is 0.243 e. The number of rotatable bonds is 14. The molecule has 7 nitrogen and oxygen atoms in total. The van der Waals surface area contributed by atoms with Crippen molar-refractivity contribution < 1.29 is 18.0 Å². The molecule has 0 spiro atoms. The van der Waals surface area contributed by atoms with Crippen LogP contribution in [0.15, 0.2) is 72.8 Å². The number of anilines is 1. The van der Waals surface area contributed by atoms with Crippen molar-refractivity contribution in [3.63, 3.8) is 0 Å². The van der Waals surface area contributed by atoms with Crippen LogP contribution in [-0.2, 0) is 32.6 Å². The topological polar surface area (TPSA) is 86.8 Å². The molecule has 3 rings (SSSR count). The van der Waals surface area contributed by atoms with Crippen LogP contribution in [0, 0.1) is 6.92 Å². The second-order valence-corrected chi connectivity index (χ2v) is 12.8. The van der Waals surface area contributed by atoms with Crippen LogP contribution in [0.1, 0.15) is 42.9 Å². The van der Waals surface area contributed by atoms with Gasteiger partial charge in [0.2, 0.25) is 21.8 Å². The van der Waals surface area contributed by atoms with E-state index < -0.39 is 16.1 Å². The van der Waals surface area contributed by atoms with Crippen LogP contribution in [0.2, 0.25) is 10.0 Å². The van der Waals surface area contributed by atoms with Crippen molar-refractivity contribution in [1.29, 1.82) is 0 Å². The number of aryl methyl sites for hydroxylation is 1. The highest BCUT2D eigenvalue weighted by atomic mass is 35.5. The molecule has 0 aromatic heterocycles. The highest BCUT2D eigenvalue weighted by molar-refractivity contribution is 7.92. The van der Waals surface area contributed by atoms with E-state index >= 15 is 0 Å². The van der Waals surface area contributed by atoms with E-state index in [9.17, 15) is 18.0 Å². The van der Waals surface area contributed by atoms with Gasteiger partial charge in [-0.2, -0.15) is 0 Å². The molecule has 3 aromatic carbocycles. The van der Waals surface area contributed by atoms with Gasteiger partial charge >= 0.3 is 0 Å². The average molecular weight is 619 g/mol. The third-order valence-electron chi connectivity index (χ3n) is 6.65. The second-order valence-electron chi connectivity index (χ2n) is 10.0. The molecule has 0 bridgehead atoms. The average Bonchev–Trinajstić information content (AvgIpc) is 2.93. The number of nitrogens with zero attached hydrogens (tertiary/aromatic N) is 2. The van der Waals surface area contributed by atoms with Crippen LogP contribution in [0.3, 0.4) is 0 Å². The van der Waals surface area contributed by atoms with E-state index in [0.717, 1.165) is 23.8 Å². The molecule has 0 aliphatic rings. The molecule has 220 valence electrons. The Balaban J connectivity index is 1.89. The number of carbonyl (C=O) groups is 2. The number of sulfonamides is 1. The zero-order valence-electron chi connectivity index (χ0n) is 23.6. The van der Waals surface area contributed by atoms with E-state index in [1.807, 2.05) is 56.3 Å². The van der Waals surface area contributed by atoms with Gasteiger partial charge in [0.15, 0.2) is 0 Å². The van der Waals surface area contributed by atoms with Gasteiger partial charge in [-0.1, -0.05) is 84.2 Å². The number of hydrogen-bond donors (Lipinski definition) is 1. The Labute approximate surface area is 253 Å². The molecule has 0 fully saturated rings. The predicted octanol–water partition coefficient (Wildman–Crippen LogP) is 6.01. The molecule has 2 amide bonds. The highest BCUT2D eigenvalue weighted by Gasteiger charge is 2.31. The molecule has 0 radical (unpaired) electrons. The first-order valence-electron chi connectivity index (χ1n) is 13.6. The van der Waals surface area contributed by atoms with Crippen LogP contribution < -0.4 is 9.62 Å². The van der Waals surface area contributed by atoms with Crippen LogP contribution in [0.4, 0.5) is 5.69 Å². The maximum atomic E-state index is 13.9. The van der Waals surface area contributed by atoms with E-state index in [0.29, 0.717) is 34.3 Å². The largest absolute Gasteiger partial charge is 0.354 e. The van der Waals surface area contributed by atoms with Crippen LogP contribution in [-0.4, -0.2) is 50.5 Å². The molecular weight excluding hydrogens is 581 g/mol. The highest BCUT2D eigenvalue weighted by Crippen LogP contribution is 2.25. The molecular formula is C31H37Cl2N3O4S. The molecule has 10 heteroatoms. The van der Waals surface area contributed by atoms with Gasteiger partial charge in [-0.05, 0) is 55.2 Å². The number of carbonyl (C=O) groups excluding carboxylic acids is 2. The molecule has 0 saturated carbocycles. The van der Waals surface area contributed by atoms with Crippen LogP contribution in [0.25, 0.3) is 0 Å². The summed E-state index contributed by atoms with van der Waals surface area (Å²) in [6, 6.07) is 21.0. The normalized spacial score (nSPS) is 12.0. The lowest BCUT2D eigenvalue weighted by atomic mass is 10.0. The fraction of sp³-hybridized carbons (Fsp3) is 0.355. The fourth-order valence-electron chi connectivity index (χ4n) is 4.47. The molecule has 0 heterocycles. The van der Waals surface area contributed by atoms with Crippen molar-refractivity contribution in [2.24, 2.45) is 0 Å². The van der Waals surface area contributed by atoms with E-state index in [-0.39, 0.29) is 37.7 Å². The van der Waals surface area contributed by atoms with Crippen molar-refractivity contribution in [2.45, 2.75) is 52.1 Å². The Kier molecular flexibility index (Phi) is 12.1. The molecule has 3 aromatic rings. The molecule has 0 aliphatic heterocycles. The first-order valence-corrected chi connectivity index (χ1v) is 16.2. The fourth-order valence-corrected chi connectivity index (χ4v) is 5.90. The van der Waals surface area contributed by atoms with Gasteiger partial charge in [0.1, 0.15) is 6.04 Å². The number of benzene rings is 3. The molecule has 1 atom stereocenters. The summed E-state index contributed by atoms with van der Waals surface area (Å²) in [7, 11) is -3.57. The number of halogens is 2. The molecule has 1 unspecified atom stereocenters. The first kappa shape index (κ1) is 32.4. The lowest BCUT2D eigenvalue weighted by Crippen LogP contribution is -2.50. The van der Waals surface area contributed by atoms with Crippen molar-refractivity contribution >= 4 is 50.7 Å². The van der Waals surface area contributed by atoms with Gasteiger partial charge in [0, 0.05) is 42.5 Å². The van der Waals surface area contributed by atoms with Gasteiger partial charge in [-0.15, -0.1) is 0 Å². The minimum absolute atomic E-state index is 0.0371. The third kappa shape index (κ3) is 9.76. The van der Waals surface area contributed by atoms with E-state index in [1.54, 1.807) is 35.2 Å². The zero-order chi connectivity index (χ0) is 30.0. The predicted molar refractivity (Wildman–Crippen MR) is 167 cm³/mol. The monoisotopic (exact) mass is 617 g/mol. The maximum absolute atomic E-state index is 13.9. The summed E-state index contributed by atoms with van der Waals surface area (Å²) >= 11 is 12.6. The van der Waals surface area contributed by atoms with Crippen molar-refractivity contribution in [2.75, 3.05) is 23.7 Å². The number of amides is 2. The van der Waals surface area contributed by atoms with Gasteiger partial charge in [0.25, 0.3) is 0 Å². The minimum atomic E-state index is -3.57. The Morgan fingerprint density at radius 3 is 2.27 bits per heavy atom. The quantitative estimate of drug-likeness (QED) is 0.240. The van der Waals surface area contributed by atoms with Crippen LogP contribution in [0.5, 0.6) is 0 Å². The summed E-state index contributed by atoms with van der Waals surface area (Å²) in [5.74, 6) is -0.535. The molecule has 0 aliphatic carbocycles. The van der Waals surface area contributed by atoms with Gasteiger partial charge in [-0.25, -0.2) is 8.42 Å². The van der Waals surface area contributed by atoms with Gasteiger partial charge in [0.05, 0.1) is 11.9 Å². The summed E-state index contributed by atoms with van der Waals surface area (Å²) in [6.45, 7) is 4.59. The van der Waals surface area contributed by atoms with Crippen LogP contribution >= 0.6 is 23.2 Å². The van der Waals surface area contributed by atoms with E-state index in [4.69, 9.17) is 23.2 Å². The standard InChI is InChI=1S/C31H37Cl2N3O4S/c1-4-18-34-31(38)29(20-24-9-6-5-7-10-24)35(22-25-14-15-26(32)21-28(25)33)30(37)11-8-19-36(41(3,39)40)27-16-12-23(2)13-17-27/h5-7,9-10,12-17,21,29H,4,8,11,18-20,22H2,1-3H3,(H,34,38). The summed E-state index contributed by atoms with van der Waals surface area (Å²) < 4.78 is 26.5. The van der Waals surface area contributed by atoms with Gasteiger partial charge in [-0.3, -0.25) is 13.9 Å². The number of hydrogen-bond acceptors (Lipinski definition) is 4. The SMILES string of the molecule is CCCNC(=O)C(Cc1ccccc1)N(Cc1ccc(Cl)cc1Cl)C(=O)CCCN(c1ccc(C)cc1)S(C)(=O)=O. The van der Waals surface area contributed by atoms with Crippen molar-refractivity contribution in [3.05, 3.63) is 99.5 Å². The molecule has 0 saturated heterocycles. The second kappa shape index (κ2) is 15.2. The number of nitrogens with one attached hydrogen (secondary N) is 1. The summed E-state index contributed by atoms with van der Waals surface area (Å²) in [4.78, 5) is 28.9. The summed E-state index contributed by atoms with van der Waals surface area (Å²) in [5, 5.41) is 3.80. The Morgan fingerprint density at radius 1 is 0.976 bits per heavy atom.